The van der Waals surface area contributed by atoms with Crippen molar-refractivity contribution in [3.8, 4) is 11.4 Å². The molecule has 0 spiro atoms. The van der Waals surface area contributed by atoms with Gasteiger partial charge in [-0.2, -0.15) is 35.2 Å². The molecule has 0 aliphatic carbocycles. The average molecular weight is 802 g/mol. The summed E-state index contributed by atoms with van der Waals surface area (Å²) < 4.78 is 101. The lowest BCUT2D eigenvalue weighted by Crippen LogP contribution is -2.04. The molecule has 0 fully saturated rings. The summed E-state index contributed by atoms with van der Waals surface area (Å²) in [6.45, 7) is 5.21. The first-order valence-corrected chi connectivity index (χ1v) is 20.2. The van der Waals surface area contributed by atoms with Gasteiger partial charge in [-0.1, -0.05) is 18.2 Å². The standard InChI is InChI=1S/C35H27N7O10S3/c1-18-4-9-28(32(12-18)55(50,51)52)37-39-33-19(2)13-22(14-20(33)3)36-38-30-10-5-21-15-23(6-7-25(21)35(30)43)42-40-29-11-8-26-27(34(29)41-42)16-24(53(44,45)46)17-31(26)54(47,48)49/h4-17,43H,1-3H3,(H,44,45,46)(H,47,48,49)(H,50,51,52). The molecule has 1 heterocycles. The smallest absolute Gasteiger partial charge is 0.296 e. The first-order chi connectivity index (χ1) is 25.8. The van der Waals surface area contributed by atoms with Crippen LogP contribution in [0.1, 0.15) is 16.7 Å². The number of hydrogen-bond acceptors (Lipinski definition) is 13. The Morgan fingerprint density at radius 3 is 1.91 bits per heavy atom. The van der Waals surface area contributed by atoms with Crippen LogP contribution in [0.25, 0.3) is 38.3 Å². The van der Waals surface area contributed by atoms with Crippen molar-refractivity contribution in [2.45, 2.75) is 35.5 Å². The molecule has 0 aliphatic rings. The fourth-order valence-electron chi connectivity index (χ4n) is 6.00. The molecule has 280 valence electrons. The van der Waals surface area contributed by atoms with Crippen molar-refractivity contribution in [1.82, 2.24) is 15.0 Å². The monoisotopic (exact) mass is 801 g/mol. The summed E-state index contributed by atoms with van der Waals surface area (Å²) in [5.74, 6) is -0.167. The van der Waals surface area contributed by atoms with Gasteiger partial charge < -0.3 is 5.11 Å². The fourth-order valence-corrected chi connectivity index (χ4v) is 8.05. The third-order valence-corrected chi connectivity index (χ3v) is 11.2. The number of rotatable bonds is 8. The number of phenols is 1. The minimum Gasteiger partial charge on any atom is -0.505 e. The van der Waals surface area contributed by atoms with E-state index in [2.05, 4.69) is 30.7 Å². The SMILES string of the molecule is Cc1ccc(N=Nc2c(C)cc(N=Nc3ccc4cc(-n5nc6ccc7c(S(=O)(=O)O)cc(S(=O)(=O)O)cc7c6n5)ccc4c3O)cc2C)c(S(=O)(=O)O)c1. The summed E-state index contributed by atoms with van der Waals surface area (Å²) in [5.41, 5.74) is 3.73. The van der Waals surface area contributed by atoms with E-state index >= 15 is 0 Å². The lowest BCUT2D eigenvalue weighted by Gasteiger charge is -2.08. The van der Waals surface area contributed by atoms with E-state index in [4.69, 9.17) is 0 Å². The molecular weight excluding hydrogens is 775 g/mol. The van der Waals surface area contributed by atoms with Crippen LogP contribution in [0.4, 0.5) is 22.7 Å². The van der Waals surface area contributed by atoms with Crippen LogP contribution in [0.3, 0.4) is 0 Å². The maximum absolute atomic E-state index is 12.1. The molecule has 7 aromatic rings. The molecule has 20 heteroatoms. The second-order valence-electron chi connectivity index (χ2n) is 12.5. The summed E-state index contributed by atoms with van der Waals surface area (Å²) in [7, 11) is -14.3. The van der Waals surface area contributed by atoms with Crippen LogP contribution in [-0.2, 0) is 30.4 Å². The van der Waals surface area contributed by atoms with E-state index in [-0.39, 0.29) is 43.8 Å². The molecule has 0 amide bonds. The normalized spacial score (nSPS) is 12.9. The number of aromatic hydroxyl groups is 1. The van der Waals surface area contributed by atoms with E-state index in [1.54, 1.807) is 69.3 Å². The summed E-state index contributed by atoms with van der Waals surface area (Å²) in [6.07, 6.45) is 0. The van der Waals surface area contributed by atoms with Gasteiger partial charge in [0, 0.05) is 16.2 Å². The highest BCUT2D eigenvalue weighted by Gasteiger charge is 2.23. The topological polar surface area (TPSA) is 263 Å². The predicted octanol–water partition coefficient (Wildman–Crippen LogP) is 7.93. The van der Waals surface area contributed by atoms with Crippen LogP contribution in [0.5, 0.6) is 5.75 Å². The van der Waals surface area contributed by atoms with Gasteiger partial charge in [0.1, 0.15) is 32.2 Å². The maximum Gasteiger partial charge on any atom is 0.296 e. The maximum atomic E-state index is 12.1. The number of phenolic OH excluding ortho intramolecular Hbond substituents is 1. The van der Waals surface area contributed by atoms with Gasteiger partial charge in [-0.3, -0.25) is 13.7 Å². The molecule has 4 N–H and O–H groups in total. The Balaban J connectivity index is 1.19. The molecule has 0 saturated heterocycles. The van der Waals surface area contributed by atoms with Gasteiger partial charge in [0.05, 0.1) is 22.0 Å². The van der Waals surface area contributed by atoms with Crippen LogP contribution in [0.15, 0.2) is 120 Å². The van der Waals surface area contributed by atoms with Crippen LogP contribution < -0.4 is 0 Å². The van der Waals surface area contributed by atoms with Crippen molar-refractivity contribution in [3.63, 3.8) is 0 Å². The second kappa shape index (κ2) is 13.4. The summed E-state index contributed by atoms with van der Waals surface area (Å²) in [6, 6.07) is 20.4. The number of hydrogen-bond donors (Lipinski definition) is 4. The van der Waals surface area contributed by atoms with Crippen molar-refractivity contribution in [2.75, 3.05) is 0 Å². The van der Waals surface area contributed by atoms with Gasteiger partial charge in [-0.05, 0) is 110 Å². The highest BCUT2D eigenvalue weighted by Crippen LogP contribution is 2.38. The Hall–Kier alpha value is -6.03. The fraction of sp³-hybridized carbons (Fsp3) is 0.0857. The second-order valence-corrected chi connectivity index (χ2v) is 16.7. The number of aryl methyl sites for hydroxylation is 3. The summed E-state index contributed by atoms with van der Waals surface area (Å²) in [4.78, 5) is -0.624. The molecule has 1 aromatic heterocycles. The average Bonchev–Trinajstić information content (AvgIpc) is 3.55. The zero-order chi connectivity index (χ0) is 39.6. The first-order valence-electron chi connectivity index (χ1n) is 15.9. The molecule has 7 rings (SSSR count). The summed E-state index contributed by atoms with van der Waals surface area (Å²) >= 11 is 0. The molecule has 0 unspecified atom stereocenters. The molecule has 0 atom stereocenters. The molecule has 0 aliphatic heterocycles. The molecule has 55 heavy (non-hydrogen) atoms. The number of fused-ring (bicyclic) bond motifs is 4. The third kappa shape index (κ3) is 7.28. The Kier molecular flexibility index (Phi) is 9.07. The van der Waals surface area contributed by atoms with Gasteiger partial charge >= 0.3 is 0 Å². The van der Waals surface area contributed by atoms with Gasteiger partial charge in [-0.15, -0.1) is 25.5 Å². The van der Waals surface area contributed by atoms with Crippen LogP contribution in [0, 0.1) is 20.8 Å². The van der Waals surface area contributed by atoms with Crippen LogP contribution in [-0.4, -0.2) is 59.0 Å². The lowest BCUT2D eigenvalue weighted by atomic mass is 10.1. The van der Waals surface area contributed by atoms with Gasteiger partial charge in [0.15, 0.2) is 5.75 Å². The van der Waals surface area contributed by atoms with E-state index in [0.29, 0.717) is 50.6 Å². The minimum absolute atomic E-state index is 0.000808. The van der Waals surface area contributed by atoms with Crippen molar-refractivity contribution >= 4 is 85.7 Å². The van der Waals surface area contributed by atoms with E-state index < -0.39 is 40.1 Å². The zero-order valence-electron chi connectivity index (χ0n) is 28.7. The van der Waals surface area contributed by atoms with E-state index in [9.17, 15) is 44.0 Å². The van der Waals surface area contributed by atoms with Crippen molar-refractivity contribution in [1.29, 1.82) is 0 Å². The minimum atomic E-state index is -4.90. The Bertz CT molecular complexity index is 3160. The van der Waals surface area contributed by atoms with Crippen molar-refractivity contribution in [2.24, 2.45) is 20.5 Å². The highest BCUT2D eigenvalue weighted by atomic mass is 32.2. The molecular formula is C35H27N7O10S3. The number of aromatic nitrogens is 3. The van der Waals surface area contributed by atoms with Crippen molar-refractivity contribution in [3.05, 3.63) is 102 Å². The number of benzene rings is 6. The van der Waals surface area contributed by atoms with Crippen LogP contribution in [0.2, 0.25) is 0 Å². The van der Waals surface area contributed by atoms with E-state index in [0.717, 1.165) is 6.07 Å². The Labute approximate surface area is 312 Å². The molecule has 0 saturated carbocycles. The Morgan fingerprint density at radius 2 is 1.24 bits per heavy atom. The number of nitrogens with zero attached hydrogens (tertiary/aromatic N) is 7. The van der Waals surface area contributed by atoms with Gasteiger partial charge in [0.25, 0.3) is 30.4 Å². The molecule has 0 radical (unpaired) electrons. The zero-order valence-corrected chi connectivity index (χ0v) is 31.1. The molecule has 6 aromatic carbocycles. The predicted molar refractivity (Wildman–Crippen MR) is 200 cm³/mol. The number of azo groups is 2. The molecule has 0 bridgehead atoms. The first kappa shape index (κ1) is 37.3. The third-order valence-electron chi connectivity index (χ3n) is 8.58. The van der Waals surface area contributed by atoms with Gasteiger partial charge in [-0.25, -0.2) is 0 Å². The van der Waals surface area contributed by atoms with Gasteiger partial charge in [0.2, 0.25) is 0 Å². The quantitative estimate of drug-likeness (QED) is 0.0843. The summed E-state index contributed by atoms with van der Waals surface area (Å²) in [5, 5.41) is 37.8. The van der Waals surface area contributed by atoms with Crippen LogP contribution >= 0.6 is 0 Å². The van der Waals surface area contributed by atoms with E-state index in [1.807, 2.05) is 0 Å². The Morgan fingerprint density at radius 1 is 0.582 bits per heavy atom. The highest BCUT2D eigenvalue weighted by molar-refractivity contribution is 7.87. The largest absolute Gasteiger partial charge is 0.505 e. The molecule has 17 nitrogen and oxygen atoms in total. The van der Waals surface area contributed by atoms with E-state index in [1.165, 1.54) is 29.1 Å². The lowest BCUT2D eigenvalue weighted by molar-refractivity contribution is 0.479. The van der Waals surface area contributed by atoms with Crippen molar-refractivity contribution < 1.29 is 44.0 Å².